The molecule has 0 saturated carbocycles. The molecule has 0 aromatic carbocycles. The Kier molecular flexibility index (Phi) is 1.46. The van der Waals surface area contributed by atoms with E-state index in [9.17, 15) is 0 Å². The molecule has 0 spiro atoms. The molecule has 4 nitrogen and oxygen atoms in total. The van der Waals surface area contributed by atoms with Crippen LogP contribution in [0.4, 0.5) is 5.69 Å². The third-order valence-electron chi connectivity index (χ3n) is 1.88. The van der Waals surface area contributed by atoms with E-state index in [1.54, 1.807) is 6.20 Å². The molecular weight excluding hydrogens is 152 g/mol. The molecule has 1 aliphatic heterocycles. The van der Waals surface area contributed by atoms with Gasteiger partial charge >= 0.3 is 0 Å². The molecule has 1 aliphatic rings. The lowest BCUT2D eigenvalue weighted by molar-refractivity contribution is 0.933. The minimum absolute atomic E-state index is 0.750. The van der Waals surface area contributed by atoms with Crippen molar-refractivity contribution >= 4 is 11.8 Å². The molecule has 0 atom stereocenters. The van der Waals surface area contributed by atoms with Gasteiger partial charge in [-0.1, -0.05) is 0 Å². The number of rotatable bonds is 0. The number of hydrogen-bond donors (Lipinski definition) is 1. The predicted octanol–water partition coefficient (Wildman–Crippen LogP) is 0.226. The van der Waals surface area contributed by atoms with Crippen molar-refractivity contribution in [2.24, 2.45) is 5.73 Å². The zero-order valence-electron chi connectivity index (χ0n) is 6.86. The highest BCUT2D eigenvalue weighted by Crippen LogP contribution is 2.22. The minimum atomic E-state index is 0.750. The third-order valence-corrected chi connectivity index (χ3v) is 1.88. The van der Waals surface area contributed by atoms with Crippen molar-refractivity contribution in [2.45, 2.75) is 0 Å². The average molecular weight is 162 g/mol. The SMILES string of the molecule is CN1CC(N)=Cc2ncncc21. The van der Waals surface area contributed by atoms with Crippen LogP contribution in [0.15, 0.2) is 18.2 Å². The largest absolute Gasteiger partial charge is 0.401 e. The van der Waals surface area contributed by atoms with Crippen molar-refractivity contribution in [3.05, 3.63) is 23.9 Å². The summed E-state index contributed by atoms with van der Waals surface area (Å²) in [4.78, 5) is 10.1. The van der Waals surface area contributed by atoms with Gasteiger partial charge in [-0.15, -0.1) is 0 Å². The van der Waals surface area contributed by atoms with E-state index in [1.807, 2.05) is 18.0 Å². The first-order chi connectivity index (χ1) is 5.77. The second kappa shape index (κ2) is 2.48. The van der Waals surface area contributed by atoms with Gasteiger partial charge in [0.05, 0.1) is 24.1 Å². The van der Waals surface area contributed by atoms with Crippen LogP contribution in [0.2, 0.25) is 0 Å². The maximum absolute atomic E-state index is 5.70. The van der Waals surface area contributed by atoms with Gasteiger partial charge in [0.15, 0.2) is 0 Å². The summed E-state index contributed by atoms with van der Waals surface area (Å²) in [6.45, 7) is 0.750. The van der Waals surface area contributed by atoms with Crippen LogP contribution in [0.5, 0.6) is 0 Å². The van der Waals surface area contributed by atoms with Crippen LogP contribution < -0.4 is 10.6 Å². The molecule has 1 aromatic rings. The highest BCUT2D eigenvalue weighted by atomic mass is 15.1. The molecule has 2 rings (SSSR count). The fraction of sp³-hybridized carbons (Fsp3) is 0.250. The van der Waals surface area contributed by atoms with Crippen molar-refractivity contribution in [2.75, 3.05) is 18.5 Å². The molecule has 1 aromatic heterocycles. The molecule has 12 heavy (non-hydrogen) atoms. The third kappa shape index (κ3) is 1.01. The Morgan fingerprint density at radius 3 is 3.25 bits per heavy atom. The smallest absolute Gasteiger partial charge is 0.116 e. The molecule has 0 aliphatic carbocycles. The zero-order valence-corrected chi connectivity index (χ0v) is 6.86. The van der Waals surface area contributed by atoms with Gasteiger partial charge in [-0.2, -0.15) is 0 Å². The van der Waals surface area contributed by atoms with Crippen LogP contribution in [0.1, 0.15) is 5.69 Å². The second-order valence-electron chi connectivity index (χ2n) is 2.87. The molecular formula is C8H10N4. The first-order valence-electron chi connectivity index (χ1n) is 3.74. The lowest BCUT2D eigenvalue weighted by Crippen LogP contribution is -2.27. The van der Waals surface area contributed by atoms with E-state index in [4.69, 9.17) is 5.73 Å². The van der Waals surface area contributed by atoms with E-state index in [-0.39, 0.29) is 0 Å². The summed E-state index contributed by atoms with van der Waals surface area (Å²) in [7, 11) is 1.97. The molecule has 0 unspecified atom stereocenters. The normalized spacial score (nSPS) is 15.4. The number of likely N-dealkylation sites (N-methyl/N-ethyl adjacent to an activating group) is 1. The van der Waals surface area contributed by atoms with E-state index in [2.05, 4.69) is 9.97 Å². The highest BCUT2D eigenvalue weighted by molar-refractivity contribution is 5.68. The van der Waals surface area contributed by atoms with Gasteiger partial charge in [0.25, 0.3) is 0 Å². The predicted molar refractivity (Wildman–Crippen MR) is 47.5 cm³/mol. The molecule has 0 amide bonds. The van der Waals surface area contributed by atoms with Crippen molar-refractivity contribution in [3.63, 3.8) is 0 Å². The fourth-order valence-corrected chi connectivity index (χ4v) is 1.32. The van der Waals surface area contributed by atoms with Crippen molar-refractivity contribution in [3.8, 4) is 0 Å². The van der Waals surface area contributed by atoms with E-state index >= 15 is 0 Å². The lowest BCUT2D eigenvalue weighted by Gasteiger charge is -2.24. The van der Waals surface area contributed by atoms with Gasteiger partial charge in [-0.25, -0.2) is 9.97 Å². The number of fused-ring (bicyclic) bond motifs is 1. The van der Waals surface area contributed by atoms with Gasteiger partial charge in [-0.05, 0) is 6.08 Å². The van der Waals surface area contributed by atoms with Gasteiger partial charge in [0.1, 0.15) is 6.33 Å². The van der Waals surface area contributed by atoms with Crippen molar-refractivity contribution < 1.29 is 0 Å². The summed E-state index contributed by atoms with van der Waals surface area (Å²) in [5.74, 6) is 0. The van der Waals surface area contributed by atoms with Crippen LogP contribution in [-0.4, -0.2) is 23.6 Å². The van der Waals surface area contributed by atoms with E-state index in [0.29, 0.717) is 0 Å². The van der Waals surface area contributed by atoms with E-state index < -0.39 is 0 Å². The number of aromatic nitrogens is 2. The summed E-state index contributed by atoms with van der Waals surface area (Å²) in [5.41, 5.74) is 8.47. The average Bonchev–Trinajstić information content (AvgIpc) is 2.04. The molecule has 2 heterocycles. The standard InChI is InChI=1S/C8H10N4/c1-12-4-6(9)2-7-8(12)3-10-5-11-7/h2-3,5H,4,9H2,1H3. The monoisotopic (exact) mass is 162 g/mol. The van der Waals surface area contributed by atoms with Crippen LogP contribution in [0.3, 0.4) is 0 Å². The topological polar surface area (TPSA) is 55.0 Å². The molecule has 2 N–H and O–H groups in total. The minimum Gasteiger partial charge on any atom is -0.401 e. The number of nitrogens with zero attached hydrogens (tertiary/aromatic N) is 3. The van der Waals surface area contributed by atoms with Crippen molar-refractivity contribution in [1.29, 1.82) is 0 Å². The molecule has 62 valence electrons. The summed E-state index contributed by atoms with van der Waals surface area (Å²) in [5, 5.41) is 0. The number of nitrogens with two attached hydrogens (primary N) is 1. The Morgan fingerprint density at radius 1 is 1.58 bits per heavy atom. The number of hydrogen-bond acceptors (Lipinski definition) is 4. The Labute approximate surface area is 70.7 Å². The van der Waals surface area contributed by atoms with Crippen LogP contribution >= 0.6 is 0 Å². The van der Waals surface area contributed by atoms with Gasteiger partial charge in [0, 0.05) is 12.7 Å². The molecule has 0 saturated heterocycles. The van der Waals surface area contributed by atoms with Gasteiger partial charge in [0.2, 0.25) is 0 Å². The maximum Gasteiger partial charge on any atom is 0.116 e. The summed E-state index contributed by atoms with van der Waals surface area (Å²) >= 11 is 0. The van der Waals surface area contributed by atoms with E-state index in [0.717, 1.165) is 23.6 Å². The fourth-order valence-electron chi connectivity index (χ4n) is 1.32. The van der Waals surface area contributed by atoms with Gasteiger partial charge in [-0.3, -0.25) is 0 Å². The zero-order chi connectivity index (χ0) is 8.55. The van der Waals surface area contributed by atoms with Crippen molar-refractivity contribution in [1.82, 2.24) is 9.97 Å². The first-order valence-corrected chi connectivity index (χ1v) is 3.74. The Morgan fingerprint density at radius 2 is 2.42 bits per heavy atom. The molecule has 4 heteroatoms. The van der Waals surface area contributed by atoms with Gasteiger partial charge < -0.3 is 10.6 Å². The highest BCUT2D eigenvalue weighted by Gasteiger charge is 2.13. The Hall–Kier alpha value is -1.58. The Balaban J connectivity index is 2.55. The lowest BCUT2D eigenvalue weighted by atomic mass is 10.2. The molecule has 0 radical (unpaired) electrons. The van der Waals surface area contributed by atoms with E-state index in [1.165, 1.54) is 6.33 Å². The van der Waals surface area contributed by atoms with Crippen LogP contribution in [0, 0.1) is 0 Å². The Bertz CT molecular complexity index is 332. The van der Waals surface area contributed by atoms with Crippen LogP contribution in [-0.2, 0) is 0 Å². The molecule has 0 bridgehead atoms. The number of anilines is 1. The second-order valence-corrected chi connectivity index (χ2v) is 2.87. The summed E-state index contributed by atoms with van der Waals surface area (Å²) < 4.78 is 0. The molecule has 0 fully saturated rings. The quantitative estimate of drug-likeness (QED) is 0.593. The first kappa shape index (κ1) is 7.09. The maximum atomic E-state index is 5.70. The summed E-state index contributed by atoms with van der Waals surface area (Å²) in [6.07, 6.45) is 5.21. The summed E-state index contributed by atoms with van der Waals surface area (Å²) in [6, 6.07) is 0. The van der Waals surface area contributed by atoms with Crippen LogP contribution in [0.25, 0.3) is 6.08 Å².